The summed E-state index contributed by atoms with van der Waals surface area (Å²) in [5.74, 6) is 0.255. The molecule has 0 spiro atoms. The second-order valence-corrected chi connectivity index (χ2v) is 4.48. The van der Waals surface area contributed by atoms with Gasteiger partial charge in [0.15, 0.2) is 5.75 Å². The van der Waals surface area contributed by atoms with E-state index in [1.165, 1.54) is 6.07 Å². The van der Waals surface area contributed by atoms with Crippen molar-refractivity contribution in [3.8, 4) is 11.4 Å². The molecule has 0 saturated heterocycles. The first-order chi connectivity index (χ1) is 8.97. The van der Waals surface area contributed by atoms with E-state index in [1.54, 1.807) is 23.0 Å². The zero-order valence-corrected chi connectivity index (χ0v) is 11.0. The summed E-state index contributed by atoms with van der Waals surface area (Å²) < 4.78 is 7.15. The molecule has 6 heteroatoms. The van der Waals surface area contributed by atoms with E-state index in [2.05, 4.69) is 5.10 Å². The molecule has 1 aromatic carbocycles. The molecule has 1 heterocycles. The van der Waals surface area contributed by atoms with Gasteiger partial charge in [-0.25, -0.2) is 4.68 Å². The van der Waals surface area contributed by atoms with E-state index >= 15 is 0 Å². The van der Waals surface area contributed by atoms with Crippen molar-refractivity contribution in [3.05, 3.63) is 46.3 Å². The lowest BCUT2D eigenvalue weighted by atomic mass is 10.2. The first-order valence-corrected chi connectivity index (χ1v) is 5.95. The smallest absolute Gasteiger partial charge is 0.311 e. The number of hydrogen-bond acceptors (Lipinski definition) is 4. The molecule has 0 atom stereocenters. The van der Waals surface area contributed by atoms with Gasteiger partial charge in [-0.3, -0.25) is 10.1 Å². The van der Waals surface area contributed by atoms with E-state index < -0.39 is 4.92 Å². The maximum Gasteiger partial charge on any atom is 0.311 e. The Morgan fingerprint density at radius 3 is 2.63 bits per heavy atom. The minimum atomic E-state index is -0.449. The van der Waals surface area contributed by atoms with Crippen LogP contribution in [0.1, 0.15) is 19.5 Å². The number of aryl methyl sites for hydroxylation is 1. The summed E-state index contributed by atoms with van der Waals surface area (Å²) in [6.07, 6.45) is 1.67. The Hall–Kier alpha value is -2.37. The molecule has 0 aliphatic carbocycles. The maximum atomic E-state index is 11.0. The average Bonchev–Trinajstić information content (AvgIpc) is 2.74. The van der Waals surface area contributed by atoms with Gasteiger partial charge in [0.2, 0.25) is 0 Å². The maximum absolute atomic E-state index is 11.0. The van der Waals surface area contributed by atoms with Crippen LogP contribution >= 0.6 is 0 Å². The van der Waals surface area contributed by atoms with Crippen molar-refractivity contribution in [2.24, 2.45) is 0 Å². The van der Waals surface area contributed by atoms with Crippen LogP contribution in [0.25, 0.3) is 5.69 Å². The zero-order chi connectivity index (χ0) is 14.0. The summed E-state index contributed by atoms with van der Waals surface area (Å²) in [6, 6.07) is 6.58. The quantitative estimate of drug-likeness (QED) is 0.626. The largest absolute Gasteiger partial charge is 0.484 e. The Morgan fingerprint density at radius 1 is 1.37 bits per heavy atom. The Balaban J connectivity index is 2.45. The minimum Gasteiger partial charge on any atom is -0.484 e. The second kappa shape index (κ2) is 5.09. The van der Waals surface area contributed by atoms with Crippen LogP contribution in [0.5, 0.6) is 5.75 Å². The third kappa shape index (κ3) is 2.90. The molecule has 1 aromatic heterocycles. The second-order valence-electron chi connectivity index (χ2n) is 4.48. The predicted molar refractivity (Wildman–Crippen MR) is 70.7 cm³/mol. The molecule has 0 saturated carbocycles. The Bertz CT molecular complexity index is 605. The average molecular weight is 261 g/mol. The van der Waals surface area contributed by atoms with Gasteiger partial charge in [-0.2, -0.15) is 5.10 Å². The van der Waals surface area contributed by atoms with E-state index in [-0.39, 0.29) is 17.5 Å². The lowest BCUT2D eigenvalue weighted by Gasteiger charge is -2.11. The molecule has 0 unspecified atom stereocenters. The highest BCUT2D eigenvalue weighted by molar-refractivity contribution is 5.53. The van der Waals surface area contributed by atoms with E-state index in [0.29, 0.717) is 0 Å². The van der Waals surface area contributed by atoms with Crippen molar-refractivity contribution in [1.82, 2.24) is 9.78 Å². The highest BCUT2D eigenvalue weighted by Gasteiger charge is 2.17. The fraction of sp³-hybridized carbons (Fsp3) is 0.308. The molecular formula is C13H15N3O3. The number of ether oxygens (including phenoxy) is 1. The Morgan fingerprint density at radius 2 is 2.11 bits per heavy atom. The number of aromatic nitrogens is 2. The molecule has 19 heavy (non-hydrogen) atoms. The monoisotopic (exact) mass is 261 g/mol. The lowest BCUT2D eigenvalue weighted by molar-refractivity contribution is -0.386. The lowest BCUT2D eigenvalue weighted by Crippen LogP contribution is -2.08. The van der Waals surface area contributed by atoms with Crippen LogP contribution in [0.4, 0.5) is 5.69 Å². The van der Waals surface area contributed by atoms with Crippen molar-refractivity contribution in [1.29, 1.82) is 0 Å². The summed E-state index contributed by atoms with van der Waals surface area (Å²) in [6.45, 7) is 5.54. The molecule has 0 aliphatic heterocycles. The summed E-state index contributed by atoms with van der Waals surface area (Å²) in [4.78, 5) is 10.5. The SMILES string of the molecule is Cc1ccn(-c2ccc([N+](=O)[O-])c(OC(C)C)c2)n1. The van der Waals surface area contributed by atoms with Gasteiger partial charge < -0.3 is 4.74 Å². The highest BCUT2D eigenvalue weighted by atomic mass is 16.6. The van der Waals surface area contributed by atoms with Gasteiger partial charge in [0, 0.05) is 18.3 Å². The third-order valence-corrected chi connectivity index (χ3v) is 2.49. The molecule has 2 aromatic rings. The van der Waals surface area contributed by atoms with Gasteiger partial charge in [0.05, 0.1) is 22.4 Å². The van der Waals surface area contributed by atoms with Crippen LogP contribution in [0.2, 0.25) is 0 Å². The van der Waals surface area contributed by atoms with Crippen molar-refractivity contribution >= 4 is 5.69 Å². The molecule has 0 amide bonds. The fourth-order valence-corrected chi connectivity index (χ4v) is 1.70. The molecule has 2 rings (SSSR count). The number of nitrogens with zero attached hydrogens (tertiary/aromatic N) is 3. The van der Waals surface area contributed by atoms with E-state index in [0.717, 1.165) is 11.4 Å². The topological polar surface area (TPSA) is 70.2 Å². The van der Waals surface area contributed by atoms with Crippen molar-refractivity contribution in [3.63, 3.8) is 0 Å². The summed E-state index contributed by atoms with van der Waals surface area (Å²) in [5.41, 5.74) is 1.57. The molecule has 0 fully saturated rings. The van der Waals surface area contributed by atoms with E-state index in [9.17, 15) is 10.1 Å². The standard InChI is InChI=1S/C13H15N3O3/c1-9(2)19-13-8-11(4-5-12(13)16(17)18)15-7-6-10(3)14-15/h4-9H,1-3H3. The molecule has 100 valence electrons. The predicted octanol–water partition coefficient (Wildman–Crippen LogP) is 2.88. The Kier molecular flexibility index (Phi) is 3.50. The number of nitro benzene ring substituents is 1. The number of nitro groups is 1. The third-order valence-electron chi connectivity index (χ3n) is 2.49. The van der Waals surface area contributed by atoms with Crippen LogP contribution in [0.3, 0.4) is 0 Å². The van der Waals surface area contributed by atoms with Gasteiger partial charge in [-0.05, 0) is 32.9 Å². The van der Waals surface area contributed by atoms with Crippen LogP contribution < -0.4 is 4.74 Å². The minimum absolute atomic E-state index is 0.0404. The number of benzene rings is 1. The number of hydrogen-bond donors (Lipinski definition) is 0. The molecule has 0 aliphatic rings. The first-order valence-electron chi connectivity index (χ1n) is 5.95. The normalized spacial score (nSPS) is 10.7. The molecule has 0 N–H and O–H groups in total. The highest BCUT2D eigenvalue weighted by Crippen LogP contribution is 2.30. The molecule has 0 bridgehead atoms. The van der Waals surface area contributed by atoms with Crippen molar-refractivity contribution in [2.75, 3.05) is 0 Å². The number of rotatable bonds is 4. The summed E-state index contributed by atoms with van der Waals surface area (Å²) in [5, 5.41) is 15.2. The summed E-state index contributed by atoms with van der Waals surface area (Å²) >= 11 is 0. The van der Waals surface area contributed by atoms with E-state index in [1.807, 2.05) is 26.8 Å². The van der Waals surface area contributed by atoms with Crippen LogP contribution in [0, 0.1) is 17.0 Å². The van der Waals surface area contributed by atoms with Gasteiger partial charge in [0.25, 0.3) is 0 Å². The van der Waals surface area contributed by atoms with Gasteiger partial charge in [-0.1, -0.05) is 0 Å². The summed E-state index contributed by atoms with van der Waals surface area (Å²) in [7, 11) is 0. The molecular weight excluding hydrogens is 246 g/mol. The van der Waals surface area contributed by atoms with Crippen molar-refractivity contribution in [2.45, 2.75) is 26.9 Å². The molecule has 0 radical (unpaired) electrons. The Labute approximate surface area is 110 Å². The zero-order valence-electron chi connectivity index (χ0n) is 11.0. The van der Waals surface area contributed by atoms with Gasteiger partial charge in [0.1, 0.15) is 0 Å². The first kappa shape index (κ1) is 13.1. The fourth-order valence-electron chi connectivity index (χ4n) is 1.70. The van der Waals surface area contributed by atoms with Crippen LogP contribution in [-0.4, -0.2) is 20.8 Å². The van der Waals surface area contributed by atoms with Gasteiger partial charge in [-0.15, -0.1) is 0 Å². The van der Waals surface area contributed by atoms with Crippen molar-refractivity contribution < 1.29 is 9.66 Å². The van der Waals surface area contributed by atoms with E-state index in [4.69, 9.17) is 4.74 Å². The van der Waals surface area contributed by atoms with Crippen LogP contribution in [0.15, 0.2) is 30.5 Å². The molecule has 6 nitrogen and oxygen atoms in total. The van der Waals surface area contributed by atoms with Crippen LogP contribution in [-0.2, 0) is 0 Å². The van der Waals surface area contributed by atoms with Gasteiger partial charge >= 0.3 is 5.69 Å².